The molecular weight excluding hydrogens is 259 g/mol. The Labute approximate surface area is 118 Å². The molecule has 0 bridgehead atoms. The van der Waals surface area contributed by atoms with Crippen LogP contribution < -0.4 is 0 Å². The molecule has 1 unspecified atom stereocenters. The summed E-state index contributed by atoms with van der Waals surface area (Å²) in [5.74, 6) is 5.75. The summed E-state index contributed by atoms with van der Waals surface area (Å²) in [6.45, 7) is 2.59. The van der Waals surface area contributed by atoms with E-state index < -0.39 is 0 Å². The van der Waals surface area contributed by atoms with Crippen LogP contribution in [-0.2, 0) is 16.1 Å². The van der Waals surface area contributed by atoms with E-state index in [4.69, 9.17) is 14.6 Å². The minimum atomic E-state index is -0.316. The highest BCUT2D eigenvalue weighted by molar-refractivity contribution is 5.37. The molecule has 0 amide bonds. The van der Waals surface area contributed by atoms with Gasteiger partial charge in [0, 0.05) is 24.5 Å². The minimum absolute atomic E-state index is 0.0156. The maximum Gasteiger partial charge on any atom is 0.124 e. The molecule has 1 aromatic carbocycles. The van der Waals surface area contributed by atoms with Crippen molar-refractivity contribution in [3.05, 3.63) is 35.1 Å². The van der Waals surface area contributed by atoms with Crippen molar-refractivity contribution in [3.63, 3.8) is 0 Å². The highest BCUT2D eigenvalue weighted by Gasteiger charge is 2.15. The standard InChI is InChI=1S/C16H19FO3/c17-16-8-13(3-1-2-5-18)7-15(9-16)12-20-11-14-4-6-19-10-14/h7-9,14,18H,2,4-6,10-12H2. The highest BCUT2D eigenvalue weighted by Crippen LogP contribution is 2.14. The summed E-state index contributed by atoms with van der Waals surface area (Å²) in [7, 11) is 0. The molecule has 3 nitrogen and oxygen atoms in total. The summed E-state index contributed by atoms with van der Waals surface area (Å²) in [5.41, 5.74) is 1.39. The van der Waals surface area contributed by atoms with Gasteiger partial charge in [-0.15, -0.1) is 0 Å². The van der Waals surface area contributed by atoms with E-state index >= 15 is 0 Å². The zero-order valence-electron chi connectivity index (χ0n) is 11.4. The van der Waals surface area contributed by atoms with Crippen molar-refractivity contribution in [2.45, 2.75) is 19.4 Å². The molecule has 1 aliphatic heterocycles. The third-order valence-corrected chi connectivity index (χ3v) is 3.07. The Bertz CT molecular complexity index is 484. The Morgan fingerprint density at radius 1 is 1.40 bits per heavy atom. The minimum Gasteiger partial charge on any atom is -0.395 e. The fraction of sp³-hybridized carbons (Fsp3) is 0.500. The van der Waals surface area contributed by atoms with Crippen LogP contribution in [0.3, 0.4) is 0 Å². The first kappa shape index (κ1) is 15.0. The predicted molar refractivity (Wildman–Crippen MR) is 73.6 cm³/mol. The van der Waals surface area contributed by atoms with Gasteiger partial charge >= 0.3 is 0 Å². The van der Waals surface area contributed by atoms with Crippen molar-refractivity contribution in [2.75, 3.05) is 26.4 Å². The lowest BCUT2D eigenvalue weighted by molar-refractivity contribution is 0.0790. The van der Waals surface area contributed by atoms with Crippen LogP contribution in [0, 0.1) is 23.6 Å². The van der Waals surface area contributed by atoms with Gasteiger partial charge in [-0.05, 0) is 30.2 Å². The summed E-state index contributed by atoms with van der Waals surface area (Å²) >= 11 is 0. The van der Waals surface area contributed by atoms with Crippen LogP contribution in [0.5, 0.6) is 0 Å². The van der Waals surface area contributed by atoms with E-state index in [2.05, 4.69) is 11.8 Å². The fourth-order valence-electron chi connectivity index (χ4n) is 2.08. The predicted octanol–water partition coefficient (Wildman–Crippen LogP) is 2.11. The van der Waals surface area contributed by atoms with Crippen LogP contribution in [0.2, 0.25) is 0 Å². The van der Waals surface area contributed by atoms with Gasteiger partial charge in [0.2, 0.25) is 0 Å². The quantitative estimate of drug-likeness (QED) is 0.838. The molecule has 108 valence electrons. The Morgan fingerprint density at radius 2 is 2.30 bits per heavy atom. The number of aliphatic hydroxyl groups is 1. The summed E-state index contributed by atoms with van der Waals surface area (Å²) < 4.78 is 24.4. The summed E-state index contributed by atoms with van der Waals surface area (Å²) in [4.78, 5) is 0. The third kappa shape index (κ3) is 4.93. The van der Waals surface area contributed by atoms with Crippen LogP contribution in [0.25, 0.3) is 0 Å². The number of aliphatic hydroxyl groups excluding tert-OH is 1. The van der Waals surface area contributed by atoms with Crippen molar-refractivity contribution >= 4 is 0 Å². The molecule has 1 saturated heterocycles. The van der Waals surface area contributed by atoms with Gasteiger partial charge in [0.25, 0.3) is 0 Å². The molecule has 1 fully saturated rings. The van der Waals surface area contributed by atoms with Gasteiger partial charge in [-0.2, -0.15) is 0 Å². The molecule has 1 atom stereocenters. The second kappa shape index (κ2) is 8.01. The summed E-state index contributed by atoms with van der Waals surface area (Å²) in [6, 6.07) is 4.67. The number of ether oxygens (including phenoxy) is 2. The average molecular weight is 278 g/mol. The molecule has 1 heterocycles. The van der Waals surface area contributed by atoms with Crippen molar-refractivity contribution in [3.8, 4) is 11.8 Å². The number of benzene rings is 1. The van der Waals surface area contributed by atoms with E-state index in [1.807, 2.05) is 6.07 Å². The molecule has 0 radical (unpaired) electrons. The van der Waals surface area contributed by atoms with E-state index in [9.17, 15) is 4.39 Å². The molecule has 0 aromatic heterocycles. The molecule has 4 heteroatoms. The highest BCUT2D eigenvalue weighted by atomic mass is 19.1. The van der Waals surface area contributed by atoms with E-state index in [0.29, 0.717) is 31.1 Å². The van der Waals surface area contributed by atoms with E-state index in [-0.39, 0.29) is 12.4 Å². The van der Waals surface area contributed by atoms with Crippen molar-refractivity contribution in [2.24, 2.45) is 5.92 Å². The molecule has 2 rings (SSSR count). The SMILES string of the molecule is OCCC#Cc1cc(F)cc(COCC2CCOC2)c1. The van der Waals surface area contributed by atoms with Gasteiger partial charge in [0.1, 0.15) is 5.82 Å². The maximum absolute atomic E-state index is 13.5. The molecule has 0 saturated carbocycles. The first-order valence-electron chi connectivity index (χ1n) is 6.82. The fourth-order valence-corrected chi connectivity index (χ4v) is 2.08. The monoisotopic (exact) mass is 278 g/mol. The van der Waals surface area contributed by atoms with Gasteiger partial charge < -0.3 is 14.6 Å². The van der Waals surface area contributed by atoms with Gasteiger partial charge in [0.05, 0.1) is 26.4 Å². The topological polar surface area (TPSA) is 38.7 Å². The van der Waals surface area contributed by atoms with E-state index in [0.717, 1.165) is 25.2 Å². The van der Waals surface area contributed by atoms with E-state index in [1.165, 1.54) is 12.1 Å². The lowest BCUT2D eigenvalue weighted by Crippen LogP contribution is -2.09. The van der Waals surface area contributed by atoms with Gasteiger partial charge in [-0.1, -0.05) is 11.8 Å². The normalized spacial score (nSPS) is 17.8. The van der Waals surface area contributed by atoms with Crippen molar-refractivity contribution in [1.82, 2.24) is 0 Å². The number of hydrogen-bond donors (Lipinski definition) is 1. The van der Waals surface area contributed by atoms with Gasteiger partial charge in [-0.3, -0.25) is 0 Å². The smallest absolute Gasteiger partial charge is 0.124 e. The van der Waals surface area contributed by atoms with Gasteiger partial charge in [-0.25, -0.2) is 4.39 Å². The van der Waals surface area contributed by atoms with Crippen LogP contribution in [0.4, 0.5) is 4.39 Å². The molecule has 1 aromatic rings. The second-order valence-corrected chi connectivity index (χ2v) is 4.87. The summed E-state index contributed by atoms with van der Waals surface area (Å²) in [6.07, 6.45) is 1.42. The molecule has 1 N–H and O–H groups in total. The number of hydrogen-bond acceptors (Lipinski definition) is 3. The number of halogens is 1. The third-order valence-electron chi connectivity index (χ3n) is 3.07. The largest absolute Gasteiger partial charge is 0.395 e. The van der Waals surface area contributed by atoms with Crippen LogP contribution in [0.15, 0.2) is 18.2 Å². The van der Waals surface area contributed by atoms with Crippen molar-refractivity contribution in [1.29, 1.82) is 0 Å². The zero-order valence-corrected chi connectivity index (χ0v) is 11.4. The first-order valence-corrected chi connectivity index (χ1v) is 6.82. The van der Waals surface area contributed by atoms with Gasteiger partial charge in [0.15, 0.2) is 0 Å². The Kier molecular flexibility index (Phi) is 6.00. The molecule has 1 aliphatic rings. The van der Waals surface area contributed by atoms with E-state index in [1.54, 1.807) is 0 Å². The Morgan fingerprint density at radius 3 is 3.05 bits per heavy atom. The van der Waals surface area contributed by atoms with Crippen LogP contribution in [-0.4, -0.2) is 31.5 Å². The zero-order chi connectivity index (χ0) is 14.2. The molecular formula is C16H19FO3. The number of rotatable bonds is 5. The van der Waals surface area contributed by atoms with Crippen molar-refractivity contribution < 1.29 is 19.0 Å². The first-order chi connectivity index (χ1) is 9.78. The molecule has 0 spiro atoms. The van der Waals surface area contributed by atoms with Crippen LogP contribution >= 0.6 is 0 Å². The Hall–Kier alpha value is -1.41. The lowest BCUT2D eigenvalue weighted by atomic mass is 10.1. The summed E-state index contributed by atoms with van der Waals surface area (Å²) in [5, 5.41) is 8.67. The molecule has 20 heavy (non-hydrogen) atoms. The second-order valence-electron chi connectivity index (χ2n) is 4.87. The average Bonchev–Trinajstić information content (AvgIpc) is 2.92. The van der Waals surface area contributed by atoms with Crippen LogP contribution in [0.1, 0.15) is 24.0 Å². The maximum atomic E-state index is 13.5. The lowest BCUT2D eigenvalue weighted by Gasteiger charge is -2.09. The Balaban J connectivity index is 1.88. The molecule has 0 aliphatic carbocycles.